The van der Waals surface area contributed by atoms with Gasteiger partial charge < -0.3 is 14.9 Å². The second-order valence-corrected chi connectivity index (χ2v) is 3.25. The van der Waals surface area contributed by atoms with E-state index in [1.54, 1.807) is 0 Å². The van der Waals surface area contributed by atoms with Crippen LogP contribution in [0.25, 0.3) is 0 Å². The summed E-state index contributed by atoms with van der Waals surface area (Å²) in [5.41, 5.74) is 0.549. The molecule has 0 aromatic heterocycles. The zero-order valence-electron chi connectivity index (χ0n) is 9.15. The van der Waals surface area contributed by atoms with Crippen LogP contribution in [-0.2, 0) is 19.3 Å². The van der Waals surface area contributed by atoms with Crippen LogP contribution < -0.4 is 0 Å². The first-order chi connectivity index (χ1) is 7.60. The molecule has 0 amide bonds. The SMILES string of the molecule is COOCC1=C(O)CC(C(=O)OC)=C(O)C1. The molecule has 0 heterocycles. The molecular weight excluding hydrogens is 216 g/mol. The molecule has 1 rings (SSSR count). The molecule has 0 aromatic rings. The van der Waals surface area contributed by atoms with Crippen LogP contribution in [0.1, 0.15) is 12.8 Å². The van der Waals surface area contributed by atoms with Gasteiger partial charge >= 0.3 is 5.97 Å². The number of rotatable bonds is 4. The maximum absolute atomic E-state index is 11.2. The van der Waals surface area contributed by atoms with Gasteiger partial charge in [-0.1, -0.05) is 0 Å². The second-order valence-electron chi connectivity index (χ2n) is 3.25. The van der Waals surface area contributed by atoms with Gasteiger partial charge in [0.15, 0.2) is 0 Å². The molecule has 0 saturated carbocycles. The maximum Gasteiger partial charge on any atom is 0.337 e. The average Bonchev–Trinajstić information content (AvgIpc) is 2.28. The number of ether oxygens (including phenoxy) is 1. The summed E-state index contributed by atoms with van der Waals surface area (Å²) in [6.07, 6.45) is 0.000537. The van der Waals surface area contributed by atoms with E-state index in [0.717, 1.165) is 0 Å². The van der Waals surface area contributed by atoms with Crippen LogP contribution in [0.5, 0.6) is 0 Å². The van der Waals surface area contributed by atoms with Crippen LogP contribution in [0.3, 0.4) is 0 Å². The normalized spacial score (nSPS) is 16.6. The highest BCUT2D eigenvalue weighted by atomic mass is 17.2. The summed E-state index contributed by atoms with van der Waals surface area (Å²) in [5.74, 6) is -0.759. The van der Waals surface area contributed by atoms with E-state index in [2.05, 4.69) is 14.5 Å². The predicted octanol–water partition coefficient (Wildman–Crippen LogP) is 1.16. The minimum Gasteiger partial charge on any atom is -0.512 e. The smallest absolute Gasteiger partial charge is 0.337 e. The lowest BCUT2D eigenvalue weighted by atomic mass is 9.96. The van der Waals surface area contributed by atoms with Crippen molar-refractivity contribution >= 4 is 5.97 Å². The van der Waals surface area contributed by atoms with E-state index in [9.17, 15) is 15.0 Å². The first kappa shape index (κ1) is 12.5. The molecule has 6 heteroatoms. The molecule has 16 heavy (non-hydrogen) atoms. The molecule has 0 unspecified atom stereocenters. The quantitative estimate of drug-likeness (QED) is 0.428. The summed E-state index contributed by atoms with van der Waals surface area (Å²) in [6, 6.07) is 0. The summed E-state index contributed by atoms with van der Waals surface area (Å²) in [6.45, 7) is 0.0425. The van der Waals surface area contributed by atoms with Gasteiger partial charge in [0, 0.05) is 18.4 Å². The number of esters is 1. The molecule has 1 aliphatic carbocycles. The molecule has 0 saturated heterocycles. The van der Waals surface area contributed by atoms with Crippen molar-refractivity contribution in [2.45, 2.75) is 12.8 Å². The van der Waals surface area contributed by atoms with E-state index in [-0.39, 0.29) is 36.5 Å². The Morgan fingerprint density at radius 2 is 1.94 bits per heavy atom. The van der Waals surface area contributed by atoms with Crippen molar-refractivity contribution in [3.05, 3.63) is 22.7 Å². The summed E-state index contributed by atoms with van der Waals surface area (Å²) >= 11 is 0. The number of aliphatic hydroxyl groups excluding tert-OH is 2. The van der Waals surface area contributed by atoms with Gasteiger partial charge in [0.05, 0.1) is 25.6 Å². The van der Waals surface area contributed by atoms with Crippen molar-refractivity contribution < 1.29 is 29.5 Å². The van der Waals surface area contributed by atoms with E-state index >= 15 is 0 Å². The van der Waals surface area contributed by atoms with Crippen molar-refractivity contribution in [1.29, 1.82) is 0 Å². The number of aliphatic hydroxyl groups is 2. The Bertz CT molecular complexity index is 341. The van der Waals surface area contributed by atoms with Crippen LogP contribution >= 0.6 is 0 Å². The Morgan fingerprint density at radius 3 is 2.50 bits per heavy atom. The van der Waals surface area contributed by atoms with Gasteiger partial charge in [-0.05, 0) is 0 Å². The molecular formula is C10H14O6. The largest absolute Gasteiger partial charge is 0.512 e. The first-order valence-corrected chi connectivity index (χ1v) is 4.65. The minimum atomic E-state index is -0.643. The Kier molecular flexibility index (Phi) is 4.33. The number of allylic oxidation sites excluding steroid dienone is 2. The van der Waals surface area contributed by atoms with Gasteiger partial charge in [0.1, 0.15) is 12.4 Å². The third-order valence-corrected chi connectivity index (χ3v) is 2.26. The Balaban J connectivity index is 2.75. The number of methoxy groups -OCH3 is 1. The van der Waals surface area contributed by atoms with E-state index in [1.807, 2.05) is 0 Å². The third kappa shape index (κ3) is 2.74. The van der Waals surface area contributed by atoms with Crippen LogP contribution in [-0.4, -0.2) is 37.0 Å². The predicted molar refractivity (Wildman–Crippen MR) is 53.5 cm³/mol. The second kappa shape index (κ2) is 5.53. The van der Waals surface area contributed by atoms with Gasteiger partial charge in [-0.15, -0.1) is 0 Å². The highest BCUT2D eigenvalue weighted by Crippen LogP contribution is 2.28. The fraction of sp³-hybridized carbons (Fsp3) is 0.500. The lowest BCUT2D eigenvalue weighted by Gasteiger charge is -2.18. The number of hydrogen-bond donors (Lipinski definition) is 2. The Hall–Kier alpha value is -1.53. The van der Waals surface area contributed by atoms with Gasteiger partial charge in [-0.2, -0.15) is 0 Å². The number of carbonyl (C=O) groups is 1. The summed E-state index contributed by atoms with van der Waals surface area (Å²) in [4.78, 5) is 20.2. The van der Waals surface area contributed by atoms with Crippen molar-refractivity contribution in [2.24, 2.45) is 0 Å². The molecule has 0 aromatic carbocycles. The highest BCUT2D eigenvalue weighted by Gasteiger charge is 2.25. The Labute approximate surface area is 92.7 Å². The van der Waals surface area contributed by atoms with Gasteiger partial charge in [-0.25, -0.2) is 14.6 Å². The van der Waals surface area contributed by atoms with E-state index < -0.39 is 5.97 Å². The van der Waals surface area contributed by atoms with Crippen molar-refractivity contribution in [1.82, 2.24) is 0 Å². The van der Waals surface area contributed by atoms with Crippen LogP contribution in [0, 0.1) is 0 Å². The van der Waals surface area contributed by atoms with Crippen LogP contribution in [0.2, 0.25) is 0 Å². The van der Waals surface area contributed by atoms with Gasteiger partial charge in [0.2, 0.25) is 0 Å². The van der Waals surface area contributed by atoms with Crippen molar-refractivity contribution in [2.75, 3.05) is 20.8 Å². The van der Waals surface area contributed by atoms with E-state index in [4.69, 9.17) is 0 Å². The average molecular weight is 230 g/mol. The maximum atomic E-state index is 11.2. The molecule has 6 nitrogen and oxygen atoms in total. The highest BCUT2D eigenvalue weighted by molar-refractivity contribution is 5.89. The van der Waals surface area contributed by atoms with Crippen LogP contribution in [0.4, 0.5) is 0 Å². The molecule has 0 aliphatic heterocycles. The first-order valence-electron chi connectivity index (χ1n) is 4.65. The molecule has 0 bridgehead atoms. The molecule has 1 aliphatic rings. The molecule has 2 N–H and O–H groups in total. The molecule has 0 atom stereocenters. The lowest BCUT2D eigenvalue weighted by molar-refractivity contribution is -0.265. The van der Waals surface area contributed by atoms with Crippen molar-refractivity contribution in [3.8, 4) is 0 Å². The zero-order chi connectivity index (χ0) is 12.1. The van der Waals surface area contributed by atoms with Crippen molar-refractivity contribution in [3.63, 3.8) is 0 Å². The molecule has 0 fully saturated rings. The molecule has 0 radical (unpaired) electrons. The monoisotopic (exact) mass is 230 g/mol. The lowest BCUT2D eigenvalue weighted by Crippen LogP contribution is -2.16. The standard InChI is InChI=1S/C10H14O6/c1-14-10(13)7-4-8(11)6(3-9(7)12)5-16-15-2/h11-12H,3-5H2,1-2H3. The summed E-state index contributed by atoms with van der Waals surface area (Å²) in [7, 11) is 2.56. The van der Waals surface area contributed by atoms with Gasteiger partial charge in [0.25, 0.3) is 0 Å². The topological polar surface area (TPSA) is 85.2 Å². The minimum absolute atomic E-state index is 0.00440. The Morgan fingerprint density at radius 1 is 1.25 bits per heavy atom. The van der Waals surface area contributed by atoms with E-state index in [0.29, 0.717) is 5.57 Å². The summed E-state index contributed by atoms with van der Waals surface area (Å²) < 4.78 is 4.48. The summed E-state index contributed by atoms with van der Waals surface area (Å²) in [5, 5.41) is 19.2. The van der Waals surface area contributed by atoms with Crippen LogP contribution in [0.15, 0.2) is 22.7 Å². The number of carbonyl (C=O) groups excluding carboxylic acids is 1. The molecule has 90 valence electrons. The fourth-order valence-electron chi connectivity index (χ4n) is 1.38. The number of hydrogen-bond acceptors (Lipinski definition) is 6. The third-order valence-electron chi connectivity index (χ3n) is 2.26. The van der Waals surface area contributed by atoms with Gasteiger partial charge in [-0.3, -0.25) is 0 Å². The molecule has 0 spiro atoms. The fourth-order valence-corrected chi connectivity index (χ4v) is 1.38. The zero-order valence-corrected chi connectivity index (χ0v) is 9.15. The van der Waals surface area contributed by atoms with E-state index in [1.165, 1.54) is 14.2 Å².